The van der Waals surface area contributed by atoms with Crippen LogP contribution in [0.4, 0.5) is 8.78 Å². The average Bonchev–Trinajstić information content (AvgIpc) is 3.36. The molecule has 31 heavy (non-hydrogen) atoms. The molecule has 0 spiro atoms. The van der Waals surface area contributed by atoms with Crippen LogP contribution in [0, 0.1) is 6.92 Å². The van der Waals surface area contributed by atoms with Crippen molar-refractivity contribution in [2.24, 2.45) is 0 Å². The Morgan fingerprint density at radius 1 is 1.23 bits per heavy atom. The molecule has 160 valence electrons. The summed E-state index contributed by atoms with van der Waals surface area (Å²) in [6.45, 7) is 6.43. The van der Waals surface area contributed by atoms with Gasteiger partial charge in [0.15, 0.2) is 5.65 Å². The van der Waals surface area contributed by atoms with E-state index in [2.05, 4.69) is 20.5 Å². The van der Waals surface area contributed by atoms with Crippen LogP contribution in [0.1, 0.15) is 53.6 Å². The van der Waals surface area contributed by atoms with Crippen molar-refractivity contribution in [1.82, 2.24) is 29.7 Å². The van der Waals surface area contributed by atoms with Gasteiger partial charge in [0.1, 0.15) is 11.3 Å². The van der Waals surface area contributed by atoms with Crippen LogP contribution in [-0.2, 0) is 6.54 Å². The first-order valence-electron chi connectivity index (χ1n) is 9.96. The summed E-state index contributed by atoms with van der Waals surface area (Å²) in [7, 11) is 0. The normalized spacial score (nSPS) is 12.5. The number of aryl methyl sites for hydroxylation is 2. The Morgan fingerprint density at radius 2 is 1.97 bits per heavy atom. The molecule has 3 aromatic heterocycles. The van der Waals surface area contributed by atoms with E-state index in [1.54, 1.807) is 28.9 Å². The zero-order valence-electron chi connectivity index (χ0n) is 17.4. The Labute approximate surface area is 177 Å². The number of benzene rings is 1. The van der Waals surface area contributed by atoms with E-state index < -0.39 is 12.3 Å². The van der Waals surface area contributed by atoms with E-state index in [4.69, 9.17) is 0 Å². The van der Waals surface area contributed by atoms with E-state index in [1.807, 2.05) is 33.0 Å². The Balaban J connectivity index is 1.72. The average molecular weight is 424 g/mol. The first-order valence-corrected chi connectivity index (χ1v) is 9.96. The lowest BCUT2D eigenvalue weighted by Gasteiger charge is -2.13. The number of carbonyl (C=O) groups excluding carboxylic acids is 1. The highest BCUT2D eigenvalue weighted by molar-refractivity contribution is 6.00. The molecule has 0 bridgehead atoms. The van der Waals surface area contributed by atoms with Crippen molar-refractivity contribution < 1.29 is 13.6 Å². The summed E-state index contributed by atoms with van der Waals surface area (Å²) in [5, 5.41) is 11.3. The number of nitrogens with one attached hydrogen (secondary N) is 1. The zero-order chi connectivity index (χ0) is 22.1. The predicted molar refractivity (Wildman–Crippen MR) is 112 cm³/mol. The fourth-order valence-electron chi connectivity index (χ4n) is 3.53. The molecule has 3 heterocycles. The Kier molecular flexibility index (Phi) is 5.50. The van der Waals surface area contributed by atoms with Gasteiger partial charge >= 0.3 is 0 Å². The lowest BCUT2D eigenvalue weighted by molar-refractivity contribution is 0.0941. The number of halogens is 2. The summed E-state index contributed by atoms with van der Waals surface area (Å²) in [6, 6.07) is 9.96. The Bertz CT molecular complexity index is 1230. The lowest BCUT2D eigenvalue weighted by atomic mass is 10.1. The van der Waals surface area contributed by atoms with Gasteiger partial charge in [0.25, 0.3) is 12.3 Å². The maximum Gasteiger partial charge on any atom is 0.280 e. The molecule has 0 aliphatic heterocycles. The second-order valence-electron chi connectivity index (χ2n) is 7.25. The summed E-state index contributed by atoms with van der Waals surface area (Å²) in [5.74, 6) is -0.441. The number of alkyl halides is 2. The Morgan fingerprint density at radius 3 is 2.61 bits per heavy atom. The third kappa shape index (κ3) is 3.90. The minimum absolute atomic E-state index is 0.0855. The van der Waals surface area contributed by atoms with Gasteiger partial charge in [-0.15, -0.1) is 0 Å². The molecule has 1 amide bonds. The maximum absolute atomic E-state index is 13.7. The van der Waals surface area contributed by atoms with Gasteiger partial charge in [0.2, 0.25) is 0 Å². The molecule has 1 aromatic carbocycles. The van der Waals surface area contributed by atoms with Crippen LogP contribution in [-0.4, -0.2) is 30.3 Å². The van der Waals surface area contributed by atoms with E-state index in [1.165, 1.54) is 12.3 Å². The van der Waals surface area contributed by atoms with Crippen molar-refractivity contribution in [3.63, 3.8) is 0 Å². The summed E-state index contributed by atoms with van der Waals surface area (Å²) >= 11 is 0. The molecule has 1 atom stereocenters. The number of aromatic nitrogens is 5. The van der Waals surface area contributed by atoms with Crippen LogP contribution in [0.2, 0.25) is 0 Å². The van der Waals surface area contributed by atoms with Gasteiger partial charge in [-0.2, -0.15) is 10.2 Å². The highest BCUT2D eigenvalue weighted by atomic mass is 19.3. The van der Waals surface area contributed by atoms with Gasteiger partial charge in [-0.25, -0.2) is 18.3 Å². The third-order valence-corrected chi connectivity index (χ3v) is 5.16. The second kappa shape index (κ2) is 8.25. The second-order valence-corrected chi connectivity index (χ2v) is 7.25. The van der Waals surface area contributed by atoms with Crippen molar-refractivity contribution in [1.29, 1.82) is 0 Å². The summed E-state index contributed by atoms with van der Waals surface area (Å²) in [6.07, 6.45) is 0.384. The summed E-state index contributed by atoms with van der Waals surface area (Å²) in [5.41, 5.74) is 2.63. The highest BCUT2D eigenvalue weighted by Gasteiger charge is 2.23. The molecule has 1 N–H and O–H groups in total. The minimum atomic E-state index is -2.77. The van der Waals surface area contributed by atoms with E-state index in [9.17, 15) is 13.6 Å². The molecule has 0 aliphatic rings. The van der Waals surface area contributed by atoms with Crippen molar-refractivity contribution >= 4 is 11.6 Å². The predicted octanol–water partition coefficient (Wildman–Crippen LogP) is 4.35. The molecule has 0 saturated carbocycles. The molecule has 0 fully saturated rings. The first kappa shape index (κ1) is 20.6. The van der Waals surface area contributed by atoms with Gasteiger partial charge in [-0.3, -0.25) is 9.48 Å². The van der Waals surface area contributed by atoms with Crippen LogP contribution in [0.3, 0.4) is 0 Å². The SMILES string of the molecule is CCn1cc(C(C)NC(=O)c2cnn3c(C(F)F)cc(-c4ccccc4)nc23)c(C)n1. The zero-order valence-corrected chi connectivity index (χ0v) is 17.4. The van der Waals surface area contributed by atoms with Crippen molar-refractivity contribution in [2.45, 2.75) is 39.8 Å². The molecule has 0 saturated heterocycles. The summed E-state index contributed by atoms with van der Waals surface area (Å²) in [4.78, 5) is 17.5. The van der Waals surface area contributed by atoms with Crippen LogP contribution < -0.4 is 5.32 Å². The van der Waals surface area contributed by atoms with E-state index in [0.717, 1.165) is 22.3 Å². The smallest absolute Gasteiger partial charge is 0.280 e. The van der Waals surface area contributed by atoms with Gasteiger partial charge in [0, 0.05) is 23.9 Å². The van der Waals surface area contributed by atoms with Crippen LogP contribution in [0.25, 0.3) is 16.9 Å². The molecule has 4 rings (SSSR count). The van der Waals surface area contributed by atoms with Crippen molar-refractivity contribution in [2.75, 3.05) is 0 Å². The number of rotatable bonds is 6. The first-order chi connectivity index (χ1) is 14.9. The van der Waals surface area contributed by atoms with Gasteiger partial charge in [-0.05, 0) is 26.8 Å². The number of fused-ring (bicyclic) bond motifs is 1. The van der Waals surface area contributed by atoms with Gasteiger partial charge < -0.3 is 5.32 Å². The Hall–Kier alpha value is -3.62. The number of hydrogen-bond donors (Lipinski definition) is 1. The molecular weight excluding hydrogens is 402 g/mol. The fraction of sp³-hybridized carbons (Fsp3) is 0.273. The van der Waals surface area contributed by atoms with E-state index in [-0.39, 0.29) is 22.9 Å². The monoisotopic (exact) mass is 424 g/mol. The molecule has 1 unspecified atom stereocenters. The third-order valence-electron chi connectivity index (χ3n) is 5.16. The van der Waals surface area contributed by atoms with Gasteiger partial charge in [0.05, 0.1) is 23.6 Å². The van der Waals surface area contributed by atoms with Crippen LogP contribution in [0.5, 0.6) is 0 Å². The van der Waals surface area contributed by atoms with Crippen LogP contribution >= 0.6 is 0 Å². The van der Waals surface area contributed by atoms with Gasteiger partial charge in [-0.1, -0.05) is 30.3 Å². The quantitative estimate of drug-likeness (QED) is 0.499. The molecule has 9 heteroatoms. The highest BCUT2D eigenvalue weighted by Crippen LogP contribution is 2.27. The molecular formula is C22H22F2N6O. The topological polar surface area (TPSA) is 77.1 Å². The maximum atomic E-state index is 13.7. The number of nitrogens with zero attached hydrogens (tertiary/aromatic N) is 5. The number of hydrogen-bond acceptors (Lipinski definition) is 4. The lowest BCUT2D eigenvalue weighted by Crippen LogP contribution is -2.27. The molecule has 0 aliphatic carbocycles. The van der Waals surface area contributed by atoms with E-state index >= 15 is 0 Å². The van der Waals surface area contributed by atoms with Crippen LogP contribution in [0.15, 0.2) is 48.8 Å². The fourth-order valence-corrected chi connectivity index (χ4v) is 3.53. The van der Waals surface area contributed by atoms with Crippen molar-refractivity contribution in [3.8, 4) is 11.3 Å². The standard InChI is InChI=1S/C22H22F2N6O/c1-4-29-12-17(14(3)28-29)13(2)26-22(31)16-11-25-30-19(20(23)24)10-18(27-21(16)30)15-8-6-5-7-9-15/h5-13,20H,4H2,1-3H3,(H,26,31). The number of carbonyl (C=O) groups is 1. The molecule has 7 nitrogen and oxygen atoms in total. The molecule has 4 aromatic rings. The number of amides is 1. The van der Waals surface area contributed by atoms with E-state index in [0.29, 0.717) is 11.3 Å². The summed E-state index contributed by atoms with van der Waals surface area (Å²) < 4.78 is 30.3. The minimum Gasteiger partial charge on any atom is -0.345 e. The largest absolute Gasteiger partial charge is 0.345 e. The molecule has 0 radical (unpaired) electrons. The van der Waals surface area contributed by atoms with Crippen molar-refractivity contribution in [3.05, 3.63) is 71.3 Å².